The zero-order valence-electron chi connectivity index (χ0n) is 23.2. The first-order chi connectivity index (χ1) is 19.7. The van der Waals surface area contributed by atoms with E-state index in [4.69, 9.17) is 14.2 Å². The molecule has 5 heteroatoms. The minimum atomic E-state index is 0.175. The lowest BCUT2D eigenvalue weighted by Crippen LogP contribution is -2.45. The number of benzene rings is 4. The molecule has 2 aliphatic rings. The maximum absolute atomic E-state index is 6.36. The van der Waals surface area contributed by atoms with Crippen LogP contribution in [-0.2, 0) is 6.61 Å². The molecule has 206 valence electrons. The van der Waals surface area contributed by atoms with Gasteiger partial charge in [0.25, 0.3) is 0 Å². The third-order valence-corrected chi connectivity index (χ3v) is 8.13. The summed E-state index contributed by atoms with van der Waals surface area (Å²) in [6, 6.07) is 35.9. The Morgan fingerprint density at radius 3 is 2.17 bits per heavy atom. The minimum absolute atomic E-state index is 0.175. The number of likely N-dealkylation sites (N-methyl/N-ethyl adjacent to an activating group) is 1. The molecule has 0 N–H and O–H groups in total. The zero-order chi connectivity index (χ0) is 27.1. The van der Waals surface area contributed by atoms with Crippen molar-refractivity contribution in [1.29, 1.82) is 0 Å². The van der Waals surface area contributed by atoms with Gasteiger partial charge >= 0.3 is 0 Å². The number of piperazine rings is 1. The van der Waals surface area contributed by atoms with Crippen molar-refractivity contribution < 1.29 is 14.2 Å². The third kappa shape index (κ3) is 6.33. The molecule has 0 aliphatic carbocycles. The summed E-state index contributed by atoms with van der Waals surface area (Å²) < 4.78 is 18.6. The van der Waals surface area contributed by atoms with Crippen molar-refractivity contribution in [3.63, 3.8) is 0 Å². The molecule has 6 rings (SSSR count). The van der Waals surface area contributed by atoms with Crippen molar-refractivity contribution in [3.05, 3.63) is 125 Å². The Morgan fingerprint density at radius 1 is 0.725 bits per heavy atom. The van der Waals surface area contributed by atoms with Crippen LogP contribution >= 0.6 is 0 Å². The van der Waals surface area contributed by atoms with Crippen molar-refractivity contribution in [3.8, 4) is 17.2 Å². The number of hydrogen-bond acceptors (Lipinski definition) is 5. The fraction of sp³-hybridized carbons (Fsp3) is 0.314. The third-order valence-electron chi connectivity index (χ3n) is 8.13. The SMILES string of the molecule is CN1CCN(CCOc2ccc([C@H]3c4ccc(OCc5ccccc5)cc4OC[C@H]3c3ccccc3)cc2)CC1. The second kappa shape index (κ2) is 12.6. The minimum Gasteiger partial charge on any atom is -0.492 e. The number of ether oxygens (including phenoxy) is 3. The summed E-state index contributed by atoms with van der Waals surface area (Å²) >= 11 is 0. The lowest BCUT2D eigenvalue weighted by atomic mass is 9.76. The van der Waals surface area contributed by atoms with Crippen LogP contribution in [0, 0.1) is 0 Å². The maximum atomic E-state index is 6.36. The highest BCUT2D eigenvalue weighted by Gasteiger charge is 2.33. The molecule has 0 saturated carbocycles. The highest BCUT2D eigenvalue weighted by molar-refractivity contribution is 5.51. The largest absolute Gasteiger partial charge is 0.492 e. The summed E-state index contributed by atoms with van der Waals surface area (Å²) in [6.45, 7) is 7.31. The first-order valence-corrected chi connectivity index (χ1v) is 14.3. The molecule has 0 amide bonds. The summed E-state index contributed by atoms with van der Waals surface area (Å²) in [7, 11) is 2.19. The monoisotopic (exact) mass is 534 g/mol. The molecule has 0 spiro atoms. The van der Waals surface area contributed by atoms with Crippen LogP contribution in [-0.4, -0.2) is 62.8 Å². The molecule has 2 heterocycles. The molecule has 40 heavy (non-hydrogen) atoms. The molecule has 2 aliphatic heterocycles. The topological polar surface area (TPSA) is 34.2 Å². The first-order valence-electron chi connectivity index (χ1n) is 14.3. The van der Waals surface area contributed by atoms with Gasteiger partial charge in [0.05, 0.1) is 6.61 Å². The van der Waals surface area contributed by atoms with Gasteiger partial charge < -0.3 is 19.1 Å². The van der Waals surface area contributed by atoms with E-state index in [1.54, 1.807) is 0 Å². The van der Waals surface area contributed by atoms with Gasteiger partial charge in [-0.3, -0.25) is 4.90 Å². The number of fused-ring (bicyclic) bond motifs is 1. The predicted octanol–water partition coefficient (Wildman–Crippen LogP) is 6.20. The van der Waals surface area contributed by atoms with Gasteiger partial charge in [-0.15, -0.1) is 0 Å². The van der Waals surface area contributed by atoms with Crippen LogP contribution in [0.4, 0.5) is 0 Å². The van der Waals surface area contributed by atoms with Crippen LogP contribution in [0.5, 0.6) is 17.2 Å². The molecular weight excluding hydrogens is 496 g/mol. The van der Waals surface area contributed by atoms with E-state index in [0.717, 1.165) is 55.5 Å². The molecule has 1 saturated heterocycles. The summed E-state index contributed by atoms with van der Waals surface area (Å²) in [4.78, 5) is 4.86. The summed E-state index contributed by atoms with van der Waals surface area (Å²) in [5.41, 5.74) is 4.89. The van der Waals surface area contributed by atoms with E-state index in [2.05, 4.69) is 95.7 Å². The Balaban J connectivity index is 1.19. The van der Waals surface area contributed by atoms with E-state index in [1.807, 2.05) is 24.3 Å². The fourth-order valence-corrected chi connectivity index (χ4v) is 5.76. The van der Waals surface area contributed by atoms with Crippen LogP contribution in [0.15, 0.2) is 103 Å². The summed E-state index contributed by atoms with van der Waals surface area (Å²) in [5.74, 6) is 3.03. The second-order valence-electron chi connectivity index (χ2n) is 10.8. The average Bonchev–Trinajstić information content (AvgIpc) is 3.02. The molecule has 4 aromatic rings. The molecule has 2 atom stereocenters. The molecule has 0 aromatic heterocycles. The van der Waals surface area contributed by atoms with E-state index in [9.17, 15) is 0 Å². The van der Waals surface area contributed by atoms with E-state index in [1.165, 1.54) is 16.7 Å². The molecule has 0 radical (unpaired) electrons. The highest BCUT2D eigenvalue weighted by atomic mass is 16.5. The molecule has 0 bridgehead atoms. The highest BCUT2D eigenvalue weighted by Crippen LogP contribution is 2.47. The van der Waals surface area contributed by atoms with Gasteiger partial charge in [-0.2, -0.15) is 0 Å². The zero-order valence-corrected chi connectivity index (χ0v) is 23.2. The van der Waals surface area contributed by atoms with Crippen molar-refractivity contribution in [1.82, 2.24) is 9.80 Å². The van der Waals surface area contributed by atoms with Gasteiger partial charge in [0.2, 0.25) is 0 Å². The molecule has 5 nitrogen and oxygen atoms in total. The van der Waals surface area contributed by atoms with Gasteiger partial charge in [-0.1, -0.05) is 78.9 Å². The quantitative estimate of drug-likeness (QED) is 0.255. The van der Waals surface area contributed by atoms with E-state index >= 15 is 0 Å². The lowest BCUT2D eigenvalue weighted by molar-refractivity contribution is 0.133. The van der Waals surface area contributed by atoms with Crippen molar-refractivity contribution >= 4 is 0 Å². The fourth-order valence-electron chi connectivity index (χ4n) is 5.76. The van der Waals surface area contributed by atoms with Crippen LogP contribution in [0.1, 0.15) is 34.1 Å². The van der Waals surface area contributed by atoms with Crippen LogP contribution in [0.2, 0.25) is 0 Å². The Morgan fingerprint density at radius 2 is 1.43 bits per heavy atom. The molecule has 1 fully saturated rings. The van der Waals surface area contributed by atoms with Crippen molar-refractivity contribution in [2.24, 2.45) is 0 Å². The summed E-state index contributed by atoms with van der Waals surface area (Å²) in [6.07, 6.45) is 0. The van der Waals surface area contributed by atoms with E-state index < -0.39 is 0 Å². The normalized spacial score (nSPS) is 19.4. The van der Waals surface area contributed by atoms with Gasteiger partial charge in [0.15, 0.2) is 0 Å². The van der Waals surface area contributed by atoms with Crippen LogP contribution in [0.3, 0.4) is 0 Å². The Bertz CT molecular complexity index is 1350. The Labute approximate surface area is 237 Å². The molecule has 4 aromatic carbocycles. The molecular formula is C35H38N2O3. The van der Waals surface area contributed by atoms with E-state index in [-0.39, 0.29) is 11.8 Å². The Hall–Kier alpha value is -3.80. The Kier molecular flexibility index (Phi) is 8.31. The van der Waals surface area contributed by atoms with Crippen LogP contribution < -0.4 is 14.2 Å². The number of rotatable bonds is 9. The number of nitrogens with zero attached hydrogens (tertiary/aromatic N) is 2. The smallest absolute Gasteiger partial charge is 0.126 e. The predicted molar refractivity (Wildman–Crippen MR) is 160 cm³/mol. The molecule has 0 unspecified atom stereocenters. The van der Waals surface area contributed by atoms with Gasteiger partial charge in [-0.25, -0.2) is 0 Å². The van der Waals surface area contributed by atoms with Gasteiger partial charge in [0.1, 0.15) is 30.5 Å². The summed E-state index contributed by atoms with van der Waals surface area (Å²) in [5, 5.41) is 0. The standard InChI is InChI=1S/C35H38N2O3/c1-36-18-20-37(21-19-36)22-23-38-30-14-12-29(13-15-30)35-32-17-16-31(39-25-27-8-4-2-5-9-27)24-34(32)40-26-33(35)28-10-6-3-7-11-28/h2-17,24,33,35H,18-23,25-26H2,1H3/t33-,35-/m0/s1. The maximum Gasteiger partial charge on any atom is 0.126 e. The van der Waals surface area contributed by atoms with Crippen molar-refractivity contribution in [2.75, 3.05) is 53.0 Å². The van der Waals surface area contributed by atoms with Gasteiger partial charge in [0, 0.05) is 56.2 Å². The second-order valence-corrected chi connectivity index (χ2v) is 10.8. The van der Waals surface area contributed by atoms with Crippen molar-refractivity contribution in [2.45, 2.75) is 18.4 Å². The van der Waals surface area contributed by atoms with E-state index in [0.29, 0.717) is 19.8 Å². The number of hydrogen-bond donors (Lipinski definition) is 0. The van der Waals surface area contributed by atoms with Crippen LogP contribution in [0.25, 0.3) is 0 Å². The van der Waals surface area contributed by atoms with Gasteiger partial charge in [-0.05, 0) is 41.9 Å². The first kappa shape index (κ1) is 26.4. The average molecular weight is 535 g/mol. The lowest BCUT2D eigenvalue weighted by Gasteiger charge is -2.35.